The molecule has 10 heteroatoms. The van der Waals surface area contributed by atoms with Crippen molar-refractivity contribution in [3.63, 3.8) is 0 Å². The van der Waals surface area contributed by atoms with Crippen molar-refractivity contribution >= 4 is 10.0 Å². The van der Waals surface area contributed by atoms with Crippen molar-refractivity contribution in [3.8, 4) is 17.1 Å². The number of hydrogen-bond donors (Lipinski definition) is 0. The predicted octanol–water partition coefficient (Wildman–Crippen LogP) is 2.78. The zero-order valence-corrected chi connectivity index (χ0v) is 17.9. The molecule has 0 atom stereocenters. The lowest BCUT2D eigenvalue weighted by molar-refractivity contribution is 0.163. The van der Waals surface area contributed by atoms with Crippen LogP contribution in [0.4, 0.5) is 4.39 Å². The third-order valence-electron chi connectivity index (χ3n) is 5.02. The molecular formula is C21H23FN4O4S. The van der Waals surface area contributed by atoms with E-state index in [-0.39, 0.29) is 4.90 Å². The first kappa shape index (κ1) is 21.4. The maximum absolute atomic E-state index is 13.4. The molecule has 0 spiro atoms. The van der Waals surface area contributed by atoms with Crippen LogP contribution in [-0.4, -0.2) is 60.5 Å². The minimum absolute atomic E-state index is 0.0320. The maximum atomic E-state index is 13.4. The zero-order valence-electron chi connectivity index (χ0n) is 17.1. The van der Waals surface area contributed by atoms with E-state index in [1.165, 1.54) is 22.5 Å². The normalized spacial score (nSPS) is 15.8. The average Bonchev–Trinajstić information content (AvgIpc) is 3.23. The molecule has 1 aliphatic rings. The van der Waals surface area contributed by atoms with Gasteiger partial charge in [-0.25, -0.2) is 12.8 Å². The summed E-state index contributed by atoms with van der Waals surface area (Å²) in [6.45, 7) is 4.46. The van der Waals surface area contributed by atoms with Crippen molar-refractivity contribution in [2.45, 2.75) is 18.4 Å². The number of para-hydroxylation sites is 1. The third-order valence-corrected chi connectivity index (χ3v) is 6.91. The van der Waals surface area contributed by atoms with Crippen LogP contribution in [0.1, 0.15) is 12.8 Å². The summed E-state index contributed by atoms with van der Waals surface area (Å²) in [6, 6.07) is 12.6. The van der Waals surface area contributed by atoms with Crippen molar-refractivity contribution < 1.29 is 22.1 Å². The highest BCUT2D eigenvalue weighted by molar-refractivity contribution is 7.89. The minimum Gasteiger partial charge on any atom is -0.493 e. The van der Waals surface area contributed by atoms with Gasteiger partial charge in [0.2, 0.25) is 21.7 Å². The second-order valence-electron chi connectivity index (χ2n) is 7.08. The van der Waals surface area contributed by atoms with E-state index in [4.69, 9.17) is 9.26 Å². The molecule has 0 N–H and O–H groups in total. The number of rotatable bonds is 7. The van der Waals surface area contributed by atoms with E-state index in [9.17, 15) is 12.8 Å². The largest absolute Gasteiger partial charge is 0.493 e. The monoisotopic (exact) mass is 446 g/mol. The first-order valence-corrected chi connectivity index (χ1v) is 11.4. The molecule has 2 aromatic carbocycles. The van der Waals surface area contributed by atoms with Gasteiger partial charge in [-0.05, 0) is 37.3 Å². The quantitative estimate of drug-likeness (QED) is 0.551. The first-order chi connectivity index (χ1) is 15.0. The molecule has 0 unspecified atom stereocenters. The Labute approximate surface area is 180 Å². The summed E-state index contributed by atoms with van der Waals surface area (Å²) in [5.41, 5.74) is 0.755. The molecule has 2 heterocycles. The Kier molecular flexibility index (Phi) is 6.30. The number of benzene rings is 2. The van der Waals surface area contributed by atoms with Crippen LogP contribution in [0.3, 0.4) is 0 Å². The molecule has 0 saturated carbocycles. The van der Waals surface area contributed by atoms with Gasteiger partial charge in [0.15, 0.2) is 0 Å². The molecule has 0 aliphatic carbocycles. The van der Waals surface area contributed by atoms with Crippen molar-refractivity contribution in [1.82, 2.24) is 19.3 Å². The molecular weight excluding hydrogens is 423 g/mol. The van der Waals surface area contributed by atoms with Gasteiger partial charge in [-0.2, -0.15) is 9.29 Å². The Bertz CT molecular complexity index is 1140. The first-order valence-electron chi connectivity index (χ1n) is 10.00. The molecule has 4 rings (SSSR count). The summed E-state index contributed by atoms with van der Waals surface area (Å²) in [5, 5.41) is 4.06. The summed E-state index contributed by atoms with van der Waals surface area (Å²) in [7, 11) is -3.72. The summed E-state index contributed by atoms with van der Waals surface area (Å²) in [6.07, 6.45) is 0. The van der Waals surface area contributed by atoms with E-state index in [0.717, 1.165) is 11.6 Å². The van der Waals surface area contributed by atoms with Crippen molar-refractivity contribution in [1.29, 1.82) is 0 Å². The SMILES string of the molecule is CCOc1ccccc1-c1noc(CN2CCN(S(=O)(=O)c3cccc(F)c3)CC2)n1. The van der Waals surface area contributed by atoms with E-state index < -0.39 is 15.8 Å². The molecule has 31 heavy (non-hydrogen) atoms. The highest BCUT2D eigenvalue weighted by Gasteiger charge is 2.29. The minimum atomic E-state index is -3.72. The van der Waals surface area contributed by atoms with E-state index in [1.807, 2.05) is 36.1 Å². The molecule has 1 aliphatic heterocycles. The number of nitrogens with zero attached hydrogens (tertiary/aromatic N) is 4. The second kappa shape index (κ2) is 9.13. The van der Waals surface area contributed by atoms with Gasteiger partial charge >= 0.3 is 0 Å². The highest BCUT2D eigenvalue weighted by atomic mass is 32.2. The van der Waals surface area contributed by atoms with Crippen molar-refractivity contribution in [2.75, 3.05) is 32.8 Å². The van der Waals surface area contributed by atoms with E-state index in [0.29, 0.717) is 56.8 Å². The molecule has 164 valence electrons. The van der Waals surface area contributed by atoms with Gasteiger partial charge in [0, 0.05) is 26.2 Å². The number of sulfonamides is 1. The smallest absolute Gasteiger partial charge is 0.243 e. The lowest BCUT2D eigenvalue weighted by Gasteiger charge is -2.33. The number of ether oxygens (including phenoxy) is 1. The summed E-state index contributed by atoms with van der Waals surface area (Å²) < 4.78 is 51.3. The molecule has 1 fully saturated rings. The van der Waals surface area contributed by atoms with E-state index >= 15 is 0 Å². The fraction of sp³-hybridized carbons (Fsp3) is 0.333. The Morgan fingerprint density at radius 3 is 2.61 bits per heavy atom. The standard InChI is InChI=1S/C21H23FN4O4S/c1-2-29-19-9-4-3-8-18(19)21-23-20(30-24-21)15-25-10-12-26(13-11-25)31(27,28)17-7-5-6-16(22)14-17/h3-9,14H,2,10-13,15H2,1H3. The topological polar surface area (TPSA) is 88.8 Å². The van der Waals surface area contributed by atoms with E-state index in [1.54, 1.807) is 0 Å². The fourth-order valence-corrected chi connectivity index (χ4v) is 4.91. The van der Waals surface area contributed by atoms with Crippen LogP contribution in [0.15, 0.2) is 57.9 Å². The summed E-state index contributed by atoms with van der Waals surface area (Å²) in [5.74, 6) is 1.01. The molecule has 0 bridgehead atoms. The summed E-state index contributed by atoms with van der Waals surface area (Å²) >= 11 is 0. The van der Waals surface area contributed by atoms with Gasteiger partial charge in [0.05, 0.1) is 23.6 Å². The third kappa shape index (κ3) is 4.76. The van der Waals surface area contributed by atoms with Gasteiger partial charge in [-0.15, -0.1) is 0 Å². The average molecular weight is 447 g/mol. The van der Waals surface area contributed by atoms with Crippen LogP contribution in [0.25, 0.3) is 11.4 Å². The number of aromatic nitrogens is 2. The van der Waals surface area contributed by atoms with Crippen LogP contribution in [0.5, 0.6) is 5.75 Å². The Balaban J connectivity index is 1.39. The second-order valence-corrected chi connectivity index (χ2v) is 9.02. The summed E-state index contributed by atoms with van der Waals surface area (Å²) in [4.78, 5) is 6.48. The molecule has 0 amide bonds. The van der Waals surface area contributed by atoms with Crippen molar-refractivity contribution in [2.24, 2.45) is 0 Å². The number of halogens is 1. The Morgan fingerprint density at radius 1 is 1.10 bits per heavy atom. The molecule has 8 nitrogen and oxygen atoms in total. The van der Waals surface area contributed by atoms with Gasteiger partial charge in [-0.1, -0.05) is 23.4 Å². The van der Waals surface area contributed by atoms with Crippen LogP contribution in [0.2, 0.25) is 0 Å². The highest BCUT2D eigenvalue weighted by Crippen LogP contribution is 2.28. The van der Waals surface area contributed by atoms with Crippen LogP contribution >= 0.6 is 0 Å². The predicted molar refractivity (Wildman–Crippen MR) is 111 cm³/mol. The molecule has 1 aromatic heterocycles. The van der Waals surface area contributed by atoms with Crippen LogP contribution in [0, 0.1) is 5.82 Å². The van der Waals surface area contributed by atoms with Crippen LogP contribution < -0.4 is 4.74 Å². The molecule has 0 radical (unpaired) electrons. The van der Waals surface area contributed by atoms with Crippen LogP contribution in [-0.2, 0) is 16.6 Å². The lowest BCUT2D eigenvalue weighted by atomic mass is 10.2. The fourth-order valence-electron chi connectivity index (χ4n) is 3.46. The van der Waals surface area contributed by atoms with Gasteiger partial charge in [-0.3, -0.25) is 4.90 Å². The van der Waals surface area contributed by atoms with Gasteiger partial charge in [0.1, 0.15) is 11.6 Å². The lowest BCUT2D eigenvalue weighted by Crippen LogP contribution is -2.48. The molecule has 1 saturated heterocycles. The van der Waals surface area contributed by atoms with E-state index in [2.05, 4.69) is 10.1 Å². The van der Waals surface area contributed by atoms with Gasteiger partial charge < -0.3 is 9.26 Å². The van der Waals surface area contributed by atoms with Gasteiger partial charge in [0.25, 0.3) is 0 Å². The van der Waals surface area contributed by atoms with Crippen molar-refractivity contribution in [3.05, 3.63) is 60.2 Å². The Morgan fingerprint density at radius 2 is 1.87 bits per heavy atom. The number of piperazine rings is 1. The Hall–Kier alpha value is -2.82. The number of hydrogen-bond acceptors (Lipinski definition) is 7. The maximum Gasteiger partial charge on any atom is 0.243 e. The molecule has 3 aromatic rings. The zero-order chi connectivity index (χ0) is 21.8.